The van der Waals surface area contributed by atoms with E-state index in [4.69, 9.17) is 11.6 Å². The number of aliphatic hydroxyl groups is 1. The van der Waals surface area contributed by atoms with E-state index in [2.05, 4.69) is 37.1 Å². The molecule has 9 heteroatoms. The van der Waals surface area contributed by atoms with E-state index in [-0.39, 0.29) is 11.9 Å². The minimum atomic E-state index is -0.506. The molecular weight excluding hydrogens is 419 g/mol. The molecule has 1 saturated heterocycles. The van der Waals surface area contributed by atoms with Crippen LogP contribution in [0.1, 0.15) is 45.4 Å². The summed E-state index contributed by atoms with van der Waals surface area (Å²) < 4.78 is 14.5. The first-order valence-corrected chi connectivity index (χ1v) is 11.3. The van der Waals surface area contributed by atoms with Crippen molar-refractivity contribution in [1.29, 1.82) is 0 Å². The summed E-state index contributed by atoms with van der Waals surface area (Å²) in [7, 11) is 0. The highest BCUT2D eigenvalue weighted by Crippen LogP contribution is 2.28. The van der Waals surface area contributed by atoms with Gasteiger partial charge >= 0.3 is 0 Å². The molecule has 0 aliphatic carbocycles. The molecule has 7 nitrogen and oxygen atoms in total. The van der Waals surface area contributed by atoms with Crippen LogP contribution in [0.15, 0.2) is 24.7 Å². The van der Waals surface area contributed by atoms with Gasteiger partial charge in [-0.3, -0.25) is 4.90 Å². The molecule has 31 heavy (non-hydrogen) atoms. The van der Waals surface area contributed by atoms with Crippen LogP contribution in [-0.2, 0) is 0 Å². The number of hydrogen-bond donors (Lipinski definition) is 3. The number of likely N-dealkylation sites (tertiary alicyclic amines) is 1. The minimum absolute atomic E-state index is 0.134. The molecule has 3 aromatic heterocycles. The predicted molar refractivity (Wildman–Crippen MR) is 120 cm³/mol. The Morgan fingerprint density at radius 3 is 3.06 bits per heavy atom. The molecule has 0 bridgehead atoms. The molecule has 4 rings (SSSR count). The molecule has 0 radical (unpaired) electrons. The first-order valence-electron chi connectivity index (χ1n) is 10.9. The number of nitrogens with zero attached hydrogens (tertiary/aromatic N) is 4. The molecular formula is C22H28ClFN6O. The lowest BCUT2D eigenvalue weighted by Crippen LogP contribution is -2.49. The van der Waals surface area contributed by atoms with E-state index in [1.54, 1.807) is 18.5 Å². The van der Waals surface area contributed by atoms with Crippen LogP contribution < -0.4 is 5.32 Å². The van der Waals surface area contributed by atoms with Crippen LogP contribution in [0, 0.1) is 5.82 Å². The van der Waals surface area contributed by atoms with E-state index < -0.39 is 12.0 Å². The molecule has 1 unspecified atom stereocenters. The van der Waals surface area contributed by atoms with Crippen LogP contribution >= 0.6 is 11.6 Å². The highest BCUT2D eigenvalue weighted by molar-refractivity contribution is 6.31. The summed E-state index contributed by atoms with van der Waals surface area (Å²) in [5, 5.41) is 15.0. The van der Waals surface area contributed by atoms with Crippen LogP contribution in [0.2, 0.25) is 5.02 Å². The van der Waals surface area contributed by atoms with E-state index >= 15 is 0 Å². The molecule has 0 spiro atoms. The van der Waals surface area contributed by atoms with E-state index in [1.165, 1.54) is 6.20 Å². The smallest absolute Gasteiger partial charge is 0.183 e. The predicted octanol–water partition coefficient (Wildman–Crippen LogP) is 4.59. The van der Waals surface area contributed by atoms with Crippen molar-refractivity contribution < 1.29 is 9.50 Å². The van der Waals surface area contributed by atoms with Gasteiger partial charge in [0.1, 0.15) is 11.9 Å². The summed E-state index contributed by atoms with van der Waals surface area (Å²) in [5.41, 5.74) is 1.38. The standard InChI is InChI=1S/C22H28ClFN6O/c1-2-3-7-19(31)30-8-5-4-6-15(30)11-26-22-18(24)13-28-21(29-22)17-12-27-20-16(17)9-14(23)10-25-20/h9-10,12-13,15,19,31H,2-8,11H2,1H3,(H,25,27)(H,26,28,29)/t15-,19?/m1/s1. The minimum Gasteiger partial charge on any atom is -0.378 e. The monoisotopic (exact) mass is 446 g/mol. The van der Waals surface area contributed by atoms with Gasteiger partial charge in [-0.2, -0.15) is 0 Å². The number of rotatable bonds is 8. The van der Waals surface area contributed by atoms with Crippen molar-refractivity contribution in [1.82, 2.24) is 24.8 Å². The second-order valence-corrected chi connectivity index (χ2v) is 8.47. The Morgan fingerprint density at radius 1 is 1.35 bits per heavy atom. The number of nitrogens with one attached hydrogen (secondary N) is 2. The number of unbranched alkanes of at least 4 members (excludes halogenated alkanes) is 1. The Labute approximate surface area is 186 Å². The average molecular weight is 447 g/mol. The summed E-state index contributed by atoms with van der Waals surface area (Å²) in [6.45, 7) is 3.49. The fourth-order valence-electron chi connectivity index (χ4n) is 4.19. The average Bonchev–Trinajstić information content (AvgIpc) is 3.20. The number of aliphatic hydroxyl groups excluding tert-OH is 1. The first kappa shape index (κ1) is 21.9. The molecule has 1 aliphatic rings. The first-order chi connectivity index (χ1) is 15.1. The lowest BCUT2D eigenvalue weighted by Gasteiger charge is -2.39. The Morgan fingerprint density at radius 2 is 2.23 bits per heavy atom. The van der Waals surface area contributed by atoms with Gasteiger partial charge in [0.2, 0.25) is 0 Å². The van der Waals surface area contributed by atoms with Crippen molar-refractivity contribution in [2.75, 3.05) is 18.4 Å². The maximum atomic E-state index is 14.5. The molecule has 166 valence electrons. The molecule has 0 saturated carbocycles. The van der Waals surface area contributed by atoms with Crippen molar-refractivity contribution in [3.63, 3.8) is 0 Å². The van der Waals surface area contributed by atoms with E-state index in [0.717, 1.165) is 50.5 Å². The number of piperidine rings is 1. The number of hydrogen-bond acceptors (Lipinski definition) is 6. The van der Waals surface area contributed by atoms with Crippen molar-refractivity contribution >= 4 is 28.5 Å². The number of anilines is 1. The van der Waals surface area contributed by atoms with Crippen molar-refractivity contribution in [2.24, 2.45) is 0 Å². The van der Waals surface area contributed by atoms with Crippen LogP contribution in [0.25, 0.3) is 22.4 Å². The Bertz CT molecular complexity index is 1030. The zero-order valence-electron chi connectivity index (χ0n) is 17.6. The summed E-state index contributed by atoms with van der Waals surface area (Å²) in [5.74, 6) is 0.0410. The Kier molecular flexibility index (Phi) is 6.99. The topological polar surface area (TPSA) is 90.0 Å². The van der Waals surface area contributed by atoms with Crippen molar-refractivity contribution in [2.45, 2.75) is 57.7 Å². The third-order valence-electron chi connectivity index (χ3n) is 5.86. The summed E-state index contributed by atoms with van der Waals surface area (Å²) in [6, 6.07) is 1.92. The number of aromatic nitrogens is 4. The second kappa shape index (κ2) is 9.89. The normalized spacial score (nSPS) is 18.4. The zero-order valence-corrected chi connectivity index (χ0v) is 18.4. The third kappa shape index (κ3) is 4.97. The van der Waals surface area contributed by atoms with Gasteiger partial charge in [-0.25, -0.2) is 19.3 Å². The highest BCUT2D eigenvalue weighted by Gasteiger charge is 2.27. The van der Waals surface area contributed by atoms with Gasteiger partial charge in [0.15, 0.2) is 17.5 Å². The largest absolute Gasteiger partial charge is 0.378 e. The van der Waals surface area contributed by atoms with Gasteiger partial charge in [-0.05, 0) is 31.7 Å². The van der Waals surface area contributed by atoms with Gasteiger partial charge in [-0.1, -0.05) is 31.4 Å². The number of H-pyrrole nitrogens is 1. The van der Waals surface area contributed by atoms with Crippen LogP contribution in [0.3, 0.4) is 0 Å². The van der Waals surface area contributed by atoms with Gasteiger partial charge in [0.25, 0.3) is 0 Å². The number of fused-ring (bicyclic) bond motifs is 1. The molecule has 0 aromatic carbocycles. The third-order valence-corrected chi connectivity index (χ3v) is 6.07. The maximum absolute atomic E-state index is 14.5. The summed E-state index contributed by atoms with van der Waals surface area (Å²) >= 11 is 6.08. The molecule has 2 atom stereocenters. The number of pyridine rings is 1. The quantitative estimate of drug-likeness (QED) is 0.469. The second-order valence-electron chi connectivity index (χ2n) is 8.03. The summed E-state index contributed by atoms with van der Waals surface area (Å²) in [4.78, 5) is 18.0. The zero-order chi connectivity index (χ0) is 21.8. The summed E-state index contributed by atoms with van der Waals surface area (Å²) in [6.07, 6.45) is 9.97. The van der Waals surface area contributed by atoms with Gasteiger partial charge in [0, 0.05) is 42.5 Å². The van der Waals surface area contributed by atoms with Crippen molar-refractivity contribution in [3.05, 3.63) is 35.5 Å². The lowest BCUT2D eigenvalue weighted by molar-refractivity contribution is -0.0426. The van der Waals surface area contributed by atoms with Crippen molar-refractivity contribution in [3.8, 4) is 11.4 Å². The Hall–Kier alpha value is -2.29. The van der Waals surface area contributed by atoms with E-state index in [1.807, 2.05) is 0 Å². The molecule has 1 fully saturated rings. The molecule has 4 heterocycles. The lowest BCUT2D eigenvalue weighted by atomic mass is 10.0. The van der Waals surface area contributed by atoms with Crippen LogP contribution in [0.5, 0.6) is 0 Å². The van der Waals surface area contributed by atoms with Gasteiger partial charge in [-0.15, -0.1) is 0 Å². The number of aromatic amines is 1. The van der Waals surface area contributed by atoms with Gasteiger partial charge < -0.3 is 15.4 Å². The SMILES string of the molecule is CCCCC(O)N1CCCC[C@@H]1CNc1nc(-c2c[nH]c3ncc(Cl)cc23)ncc1F. The maximum Gasteiger partial charge on any atom is 0.183 e. The van der Waals surface area contributed by atoms with Gasteiger partial charge in [0.05, 0.1) is 11.2 Å². The van der Waals surface area contributed by atoms with Crippen LogP contribution in [-0.4, -0.2) is 55.3 Å². The number of halogens is 2. The van der Waals surface area contributed by atoms with Crippen LogP contribution in [0.4, 0.5) is 10.2 Å². The van der Waals surface area contributed by atoms with E-state index in [9.17, 15) is 9.50 Å². The molecule has 3 aromatic rings. The fourth-order valence-corrected chi connectivity index (χ4v) is 4.34. The Balaban J connectivity index is 1.51. The molecule has 3 N–H and O–H groups in total. The molecule has 0 amide bonds. The fraction of sp³-hybridized carbons (Fsp3) is 0.500. The molecule has 1 aliphatic heterocycles. The highest BCUT2D eigenvalue weighted by atomic mass is 35.5. The van der Waals surface area contributed by atoms with E-state index in [0.29, 0.717) is 28.6 Å².